The van der Waals surface area contributed by atoms with Crippen molar-refractivity contribution in [2.24, 2.45) is 0 Å². The zero-order chi connectivity index (χ0) is 41.4. The van der Waals surface area contributed by atoms with Gasteiger partial charge in [0.2, 0.25) is 0 Å². The highest BCUT2D eigenvalue weighted by Gasteiger charge is 2.26. The lowest BCUT2D eigenvalue weighted by Crippen LogP contribution is -2.01. The minimum absolute atomic E-state index is 0.529. The lowest BCUT2D eigenvalue weighted by Gasteiger charge is -2.15. The summed E-state index contributed by atoms with van der Waals surface area (Å²) in [6.45, 7) is 0. The average molecular weight is 809 g/mol. The standard InChI is InChI=1S/C57H36N4O2/c1-3-15-35(16-4-1)36-17-11-18-38(33-36)55-58-56(46-26-12-24-44-43-22-8-10-29-50(43)62-53(44)46)60-57(59-55)47-27-13-25-45-52-40(23-14-30-51(52)63-54(45)47)37-31-32-42-41-21-7-9-28-48(41)61(49(42)34-37)39-19-5-2-6-20-39/h1-13,15-29,31-34H,14,30H2. The smallest absolute Gasteiger partial charge is 0.167 e. The Balaban J connectivity index is 0.995. The Morgan fingerprint density at radius 2 is 1.03 bits per heavy atom. The zero-order valence-corrected chi connectivity index (χ0v) is 34.0. The van der Waals surface area contributed by atoms with E-state index in [1.165, 1.54) is 27.4 Å². The first-order valence-corrected chi connectivity index (χ1v) is 21.4. The number of aryl methyl sites for hydroxylation is 1. The van der Waals surface area contributed by atoms with Gasteiger partial charge in [0, 0.05) is 50.2 Å². The highest BCUT2D eigenvalue weighted by atomic mass is 16.3. The van der Waals surface area contributed by atoms with Crippen molar-refractivity contribution in [2.45, 2.75) is 12.8 Å². The molecule has 0 fully saturated rings. The molecule has 296 valence electrons. The quantitative estimate of drug-likeness (QED) is 0.167. The molecule has 0 bridgehead atoms. The van der Waals surface area contributed by atoms with Gasteiger partial charge < -0.3 is 13.4 Å². The van der Waals surface area contributed by atoms with Gasteiger partial charge in [-0.25, -0.2) is 15.0 Å². The molecule has 1 aliphatic carbocycles. The van der Waals surface area contributed by atoms with Gasteiger partial charge in [0.1, 0.15) is 22.5 Å². The second-order valence-electron chi connectivity index (χ2n) is 16.2. The fourth-order valence-electron chi connectivity index (χ4n) is 9.66. The summed E-state index contributed by atoms with van der Waals surface area (Å²) >= 11 is 0. The molecular weight excluding hydrogens is 773 g/mol. The van der Waals surface area contributed by atoms with Crippen molar-refractivity contribution < 1.29 is 8.83 Å². The van der Waals surface area contributed by atoms with Gasteiger partial charge in [-0.1, -0.05) is 146 Å². The maximum absolute atomic E-state index is 6.97. The van der Waals surface area contributed by atoms with Gasteiger partial charge in [-0.2, -0.15) is 0 Å². The average Bonchev–Trinajstić information content (AvgIpc) is 4.04. The maximum Gasteiger partial charge on any atom is 0.167 e. The van der Waals surface area contributed by atoms with E-state index in [9.17, 15) is 0 Å². The summed E-state index contributed by atoms with van der Waals surface area (Å²) < 4.78 is 15.9. The van der Waals surface area contributed by atoms with Gasteiger partial charge in [0.05, 0.1) is 22.2 Å². The third-order valence-electron chi connectivity index (χ3n) is 12.5. The van der Waals surface area contributed by atoms with Crippen molar-refractivity contribution in [3.63, 3.8) is 0 Å². The first-order valence-electron chi connectivity index (χ1n) is 21.4. The van der Waals surface area contributed by atoms with Crippen molar-refractivity contribution in [1.82, 2.24) is 19.5 Å². The molecule has 12 aromatic rings. The molecule has 1 aliphatic rings. The number of aromatic nitrogens is 4. The van der Waals surface area contributed by atoms with E-state index in [2.05, 4.69) is 162 Å². The molecule has 0 unspecified atom stereocenters. The van der Waals surface area contributed by atoms with E-state index in [0.29, 0.717) is 17.5 Å². The number of benzene rings is 8. The summed E-state index contributed by atoms with van der Waals surface area (Å²) in [5.41, 5.74) is 14.0. The maximum atomic E-state index is 6.97. The second-order valence-corrected chi connectivity index (χ2v) is 16.2. The molecule has 0 radical (unpaired) electrons. The van der Waals surface area contributed by atoms with Gasteiger partial charge in [0.25, 0.3) is 0 Å². The summed E-state index contributed by atoms with van der Waals surface area (Å²) in [7, 11) is 0. The first kappa shape index (κ1) is 35.4. The molecule has 13 rings (SSSR count). The van der Waals surface area contributed by atoms with Crippen LogP contribution in [0.15, 0.2) is 203 Å². The number of para-hydroxylation sites is 5. The predicted octanol–water partition coefficient (Wildman–Crippen LogP) is 14.7. The molecule has 0 saturated carbocycles. The lowest BCUT2D eigenvalue weighted by atomic mass is 9.89. The Morgan fingerprint density at radius 3 is 1.86 bits per heavy atom. The van der Waals surface area contributed by atoms with E-state index in [4.69, 9.17) is 23.8 Å². The van der Waals surface area contributed by atoms with Crippen molar-refractivity contribution in [3.05, 3.63) is 211 Å². The summed E-state index contributed by atoms with van der Waals surface area (Å²) in [6, 6.07) is 65.6. The summed E-state index contributed by atoms with van der Waals surface area (Å²) in [5.74, 6) is 2.60. The van der Waals surface area contributed by atoms with Crippen LogP contribution in [0, 0.1) is 0 Å². The molecule has 4 aromatic heterocycles. The number of hydrogen-bond acceptors (Lipinski definition) is 5. The fourth-order valence-corrected chi connectivity index (χ4v) is 9.66. The van der Waals surface area contributed by atoms with Gasteiger partial charge in [-0.15, -0.1) is 0 Å². The van der Waals surface area contributed by atoms with Crippen LogP contribution in [0.2, 0.25) is 0 Å². The van der Waals surface area contributed by atoms with Gasteiger partial charge >= 0.3 is 0 Å². The third kappa shape index (κ3) is 5.69. The topological polar surface area (TPSA) is 69.9 Å². The van der Waals surface area contributed by atoms with Crippen molar-refractivity contribution in [3.8, 4) is 51.0 Å². The molecule has 0 aliphatic heterocycles. The van der Waals surface area contributed by atoms with Gasteiger partial charge in [-0.05, 0) is 77.2 Å². The number of rotatable bonds is 6. The second kappa shape index (κ2) is 14.1. The minimum Gasteiger partial charge on any atom is -0.460 e. The Bertz CT molecular complexity index is 3800. The molecule has 0 amide bonds. The molecule has 6 heteroatoms. The van der Waals surface area contributed by atoms with Crippen LogP contribution in [0.1, 0.15) is 23.3 Å². The van der Waals surface area contributed by atoms with Gasteiger partial charge in [-0.3, -0.25) is 0 Å². The van der Waals surface area contributed by atoms with Crippen molar-refractivity contribution >= 4 is 60.3 Å². The number of hydrogen-bond donors (Lipinski definition) is 0. The summed E-state index contributed by atoms with van der Waals surface area (Å²) in [5, 5.41) is 5.56. The predicted molar refractivity (Wildman–Crippen MR) is 255 cm³/mol. The van der Waals surface area contributed by atoms with E-state index in [1.54, 1.807) is 0 Å². The minimum atomic E-state index is 0.529. The van der Waals surface area contributed by atoms with Crippen LogP contribution in [-0.4, -0.2) is 19.5 Å². The van der Waals surface area contributed by atoms with Crippen LogP contribution in [0.4, 0.5) is 0 Å². The molecule has 63 heavy (non-hydrogen) atoms. The lowest BCUT2D eigenvalue weighted by molar-refractivity contribution is 0.546. The Labute approximate surface area is 362 Å². The molecule has 4 heterocycles. The SMILES string of the molecule is C1=C(c2ccc3c4ccccc4n(-c4ccccc4)c3c2)c2c(oc3c(-c4nc(-c5cccc(-c6ccccc6)c5)nc(-c5cccc6c5oc5ccccc56)n4)cccc23)CC1. The Hall–Kier alpha value is -8.35. The van der Waals surface area contributed by atoms with E-state index in [-0.39, 0.29) is 0 Å². The molecule has 0 atom stereocenters. The zero-order valence-electron chi connectivity index (χ0n) is 34.0. The van der Waals surface area contributed by atoms with Crippen LogP contribution >= 0.6 is 0 Å². The fraction of sp³-hybridized carbons (Fsp3) is 0.0351. The molecule has 8 aromatic carbocycles. The monoisotopic (exact) mass is 808 g/mol. The number of furan rings is 2. The van der Waals surface area contributed by atoms with Crippen LogP contribution in [0.3, 0.4) is 0 Å². The molecule has 0 N–H and O–H groups in total. The highest BCUT2D eigenvalue weighted by Crippen LogP contribution is 2.44. The first-order chi connectivity index (χ1) is 31.2. The summed E-state index contributed by atoms with van der Waals surface area (Å²) in [4.78, 5) is 15.7. The molecule has 6 nitrogen and oxygen atoms in total. The number of nitrogens with zero attached hydrogens (tertiary/aromatic N) is 4. The van der Waals surface area contributed by atoms with Crippen molar-refractivity contribution in [2.75, 3.05) is 0 Å². The summed E-state index contributed by atoms with van der Waals surface area (Å²) in [6.07, 6.45) is 4.04. The molecule has 0 saturated heterocycles. The van der Waals surface area contributed by atoms with E-state index in [1.807, 2.05) is 36.4 Å². The largest absolute Gasteiger partial charge is 0.460 e. The van der Waals surface area contributed by atoms with Gasteiger partial charge in [0.15, 0.2) is 17.5 Å². The van der Waals surface area contributed by atoms with E-state index < -0.39 is 0 Å². The van der Waals surface area contributed by atoms with Crippen LogP contribution in [0.25, 0.3) is 111 Å². The Kier molecular flexibility index (Phi) is 7.93. The third-order valence-corrected chi connectivity index (χ3v) is 12.5. The molecule has 0 spiro atoms. The highest BCUT2D eigenvalue weighted by molar-refractivity contribution is 6.12. The van der Waals surface area contributed by atoms with Crippen LogP contribution < -0.4 is 0 Å². The van der Waals surface area contributed by atoms with Crippen LogP contribution in [0.5, 0.6) is 0 Å². The van der Waals surface area contributed by atoms with Crippen molar-refractivity contribution in [1.29, 1.82) is 0 Å². The van der Waals surface area contributed by atoms with E-state index >= 15 is 0 Å². The van der Waals surface area contributed by atoms with Crippen LogP contribution in [-0.2, 0) is 6.42 Å². The molecular formula is C57H36N4O2. The number of allylic oxidation sites excluding steroid dienone is 1. The normalized spacial score (nSPS) is 12.7. The Morgan fingerprint density at radius 1 is 0.413 bits per heavy atom. The number of fused-ring (bicyclic) bond motifs is 9. The van der Waals surface area contributed by atoms with E-state index in [0.717, 1.165) is 96.1 Å².